The fourth-order valence-electron chi connectivity index (χ4n) is 6.36. The number of rotatable bonds is 6. The Kier molecular flexibility index (Phi) is 6.47. The van der Waals surface area contributed by atoms with Gasteiger partial charge >= 0.3 is 0 Å². The maximum absolute atomic E-state index is 4.99. The minimum atomic E-state index is 0.957. The summed E-state index contributed by atoms with van der Waals surface area (Å²) in [6.45, 7) is 0. The molecule has 0 radical (unpaired) electrons. The number of hydrogen-bond acceptors (Lipinski definition) is 1. The van der Waals surface area contributed by atoms with Crippen LogP contribution in [0.15, 0.2) is 164 Å². The van der Waals surface area contributed by atoms with Crippen molar-refractivity contribution in [3.8, 4) is 67.0 Å². The average Bonchev–Trinajstić information content (AvgIpc) is 3.75. The first-order valence-electron chi connectivity index (χ1n) is 14.9. The van der Waals surface area contributed by atoms with E-state index in [1.165, 1.54) is 44.5 Å². The Morgan fingerprint density at radius 3 is 1.30 bits per heavy atom. The molecule has 0 atom stereocenters. The Hall–Kier alpha value is -5.93. The van der Waals surface area contributed by atoms with Gasteiger partial charge in [0.25, 0.3) is 0 Å². The molecule has 3 heterocycles. The van der Waals surface area contributed by atoms with Gasteiger partial charge in [0.05, 0.1) is 16.9 Å². The summed E-state index contributed by atoms with van der Waals surface area (Å²) in [5.41, 5.74) is 14.7. The molecule has 0 unspecified atom stereocenters. The van der Waals surface area contributed by atoms with Crippen molar-refractivity contribution in [1.82, 2.24) is 15.0 Å². The zero-order valence-electron chi connectivity index (χ0n) is 24.0. The number of fused-ring (bicyclic) bond motifs is 1. The summed E-state index contributed by atoms with van der Waals surface area (Å²) in [4.78, 5) is 12.3. The minimum Gasteiger partial charge on any atom is -0.360 e. The molecule has 208 valence electrons. The summed E-state index contributed by atoms with van der Waals surface area (Å²) in [6, 6.07) is 51.1. The third-order valence-corrected chi connectivity index (χ3v) is 8.36. The van der Waals surface area contributed by atoms with Gasteiger partial charge in [0.15, 0.2) is 0 Å². The molecule has 0 aliphatic heterocycles. The standard InChI is InChI=1S/C41H29N3/c1-5-14-28(15-6-1)35-26-43-40(37(35)30-18-9-3-10-19-30)33-23-24-34(39-32(33)22-13-25-42-39)41-38(31-20-11-4-12-21-31)36(27-44-41)29-16-7-2-8-17-29/h1-27,43-44H. The molecular formula is C41H29N3. The van der Waals surface area contributed by atoms with Gasteiger partial charge < -0.3 is 9.97 Å². The Bertz CT molecular complexity index is 2030. The van der Waals surface area contributed by atoms with Crippen LogP contribution >= 0.6 is 0 Å². The van der Waals surface area contributed by atoms with E-state index in [0.29, 0.717) is 0 Å². The molecule has 0 amide bonds. The lowest BCUT2D eigenvalue weighted by molar-refractivity contribution is 1.36. The Labute approximate surface area is 256 Å². The monoisotopic (exact) mass is 563 g/mol. The van der Waals surface area contributed by atoms with E-state index < -0.39 is 0 Å². The quantitative estimate of drug-likeness (QED) is 0.208. The van der Waals surface area contributed by atoms with Crippen molar-refractivity contribution in [1.29, 1.82) is 0 Å². The number of hydrogen-bond donors (Lipinski definition) is 2. The van der Waals surface area contributed by atoms with E-state index in [4.69, 9.17) is 4.98 Å². The molecule has 3 nitrogen and oxygen atoms in total. The lowest BCUT2D eigenvalue weighted by Gasteiger charge is -2.14. The van der Waals surface area contributed by atoms with Gasteiger partial charge in [-0.1, -0.05) is 133 Å². The van der Waals surface area contributed by atoms with Gasteiger partial charge in [-0.15, -0.1) is 0 Å². The average molecular weight is 564 g/mol. The number of nitrogens with one attached hydrogen (secondary N) is 2. The molecule has 3 heteroatoms. The Balaban J connectivity index is 1.36. The molecule has 0 saturated carbocycles. The highest BCUT2D eigenvalue weighted by atomic mass is 14.7. The van der Waals surface area contributed by atoms with Crippen LogP contribution in [0.5, 0.6) is 0 Å². The predicted molar refractivity (Wildman–Crippen MR) is 183 cm³/mol. The van der Waals surface area contributed by atoms with Gasteiger partial charge in [0.2, 0.25) is 0 Å². The molecule has 0 aliphatic carbocycles. The molecule has 8 aromatic rings. The van der Waals surface area contributed by atoms with Crippen molar-refractivity contribution in [3.05, 3.63) is 164 Å². The van der Waals surface area contributed by atoms with Crippen molar-refractivity contribution in [2.45, 2.75) is 0 Å². The van der Waals surface area contributed by atoms with E-state index in [-0.39, 0.29) is 0 Å². The SMILES string of the molecule is c1ccc(-c2c[nH]c(-c3ccc(-c4[nH]cc(-c5ccccc5)c4-c4ccccc4)c4ncccc34)c2-c2ccccc2)cc1. The summed E-state index contributed by atoms with van der Waals surface area (Å²) >= 11 is 0. The lowest BCUT2D eigenvalue weighted by atomic mass is 9.90. The van der Waals surface area contributed by atoms with Crippen LogP contribution in [0.3, 0.4) is 0 Å². The van der Waals surface area contributed by atoms with Crippen LogP contribution in [-0.4, -0.2) is 15.0 Å². The second-order valence-corrected chi connectivity index (χ2v) is 10.9. The molecule has 8 rings (SSSR count). The van der Waals surface area contributed by atoms with Crippen molar-refractivity contribution in [2.75, 3.05) is 0 Å². The molecule has 5 aromatic carbocycles. The van der Waals surface area contributed by atoms with Gasteiger partial charge in [-0.2, -0.15) is 0 Å². The van der Waals surface area contributed by atoms with Crippen LogP contribution in [0.25, 0.3) is 77.9 Å². The lowest BCUT2D eigenvalue weighted by Crippen LogP contribution is -1.92. The molecule has 0 aliphatic rings. The first-order valence-corrected chi connectivity index (χ1v) is 14.9. The van der Waals surface area contributed by atoms with Gasteiger partial charge in [0, 0.05) is 57.4 Å². The van der Waals surface area contributed by atoms with Gasteiger partial charge in [-0.3, -0.25) is 4.98 Å². The number of pyridine rings is 1. The fourth-order valence-corrected chi connectivity index (χ4v) is 6.36. The van der Waals surface area contributed by atoms with Crippen LogP contribution in [0.1, 0.15) is 0 Å². The molecule has 0 spiro atoms. The van der Waals surface area contributed by atoms with Crippen LogP contribution in [0.2, 0.25) is 0 Å². The molecule has 0 fully saturated rings. The molecular weight excluding hydrogens is 534 g/mol. The summed E-state index contributed by atoms with van der Waals surface area (Å²) in [6.07, 6.45) is 6.15. The molecule has 0 saturated heterocycles. The highest BCUT2D eigenvalue weighted by Crippen LogP contribution is 2.45. The smallest absolute Gasteiger partial charge is 0.0802 e. The van der Waals surface area contributed by atoms with Crippen molar-refractivity contribution in [2.24, 2.45) is 0 Å². The van der Waals surface area contributed by atoms with Gasteiger partial charge in [-0.25, -0.2) is 0 Å². The fraction of sp³-hybridized carbons (Fsp3) is 0. The molecule has 3 aromatic heterocycles. The third-order valence-electron chi connectivity index (χ3n) is 8.36. The van der Waals surface area contributed by atoms with Crippen LogP contribution in [0, 0.1) is 0 Å². The zero-order chi connectivity index (χ0) is 29.3. The van der Waals surface area contributed by atoms with E-state index in [0.717, 1.165) is 33.4 Å². The summed E-state index contributed by atoms with van der Waals surface area (Å²) < 4.78 is 0. The number of aromatic nitrogens is 3. The Morgan fingerprint density at radius 1 is 0.364 bits per heavy atom. The number of H-pyrrole nitrogens is 2. The van der Waals surface area contributed by atoms with E-state index in [2.05, 4.69) is 162 Å². The van der Waals surface area contributed by atoms with E-state index >= 15 is 0 Å². The predicted octanol–water partition coefficient (Wildman–Crippen LogP) is 10.9. The number of nitrogens with zero attached hydrogens (tertiary/aromatic N) is 1. The van der Waals surface area contributed by atoms with Crippen molar-refractivity contribution < 1.29 is 0 Å². The van der Waals surface area contributed by atoms with Crippen LogP contribution in [0.4, 0.5) is 0 Å². The largest absolute Gasteiger partial charge is 0.360 e. The zero-order valence-corrected chi connectivity index (χ0v) is 24.0. The molecule has 44 heavy (non-hydrogen) atoms. The summed E-state index contributed by atoms with van der Waals surface area (Å²) in [5, 5.41) is 1.10. The van der Waals surface area contributed by atoms with E-state index in [1.54, 1.807) is 0 Å². The van der Waals surface area contributed by atoms with Gasteiger partial charge in [-0.05, 0) is 34.4 Å². The summed E-state index contributed by atoms with van der Waals surface area (Å²) in [7, 11) is 0. The first-order chi connectivity index (χ1) is 21.9. The van der Waals surface area contributed by atoms with Crippen molar-refractivity contribution >= 4 is 10.9 Å². The van der Waals surface area contributed by atoms with Crippen LogP contribution in [-0.2, 0) is 0 Å². The van der Waals surface area contributed by atoms with Gasteiger partial charge in [0.1, 0.15) is 0 Å². The van der Waals surface area contributed by atoms with Crippen molar-refractivity contribution in [3.63, 3.8) is 0 Å². The topological polar surface area (TPSA) is 44.5 Å². The minimum absolute atomic E-state index is 0.957. The molecule has 0 bridgehead atoms. The Morgan fingerprint density at radius 2 is 0.795 bits per heavy atom. The van der Waals surface area contributed by atoms with E-state index in [9.17, 15) is 0 Å². The maximum Gasteiger partial charge on any atom is 0.0802 e. The van der Waals surface area contributed by atoms with E-state index in [1.807, 2.05) is 12.3 Å². The second-order valence-electron chi connectivity index (χ2n) is 10.9. The number of aromatic amines is 2. The third kappa shape index (κ3) is 4.43. The highest BCUT2D eigenvalue weighted by molar-refractivity contribution is 6.08. The second kappa shape index (κ2) is 11.0. The maximum atomic E-state index is 4.99. The first kappa shape index (κ1) is 25.8. The normalized spacial score (nSPS) is 11.2. The number of benzene rings is 5. The highest BCUT2D eigenvalue weighted by Gasteiger charge is 2.22. The molecule has 2 N–H and O–H groups in total. The van der Waals surface area contributed by atoms with Crippen LogP contribution < -0.4 is 0 Å². The summed E-state index contributed by atoms with van der Waals surface area (Å²) in [5.74, 6) is 0.